The zero-order chi connectivity index (χ0) is 37.7. The molecule has 14 heteroatoms. The molecule has 0 radical (unpaired) electrons. The van der Waals surface area contributed by atoms with Crippen LogP contribution in [0, 0.1) is 0 Å². The van der Waals surface area contributed by atoms with Crippen molar-refractivity contribution in [1.82, 2.24) is 9.97 Å². The van der Waals surface area contributed by atoms with Crippen molar-refractivity contribution in [3.63, 3.8) is 0 Å². The number of hydrogen-bond donors (Lipinski definition) is 7. The highest BCUT2D eigenvalue weighted by molar-refractivity contribution is 5.89. The van der Waals surface area contributed by atoms with Gasteiger partial charge in [-0.2, -0.15) is 13.2 Å². The Labute approximate surface area is 295 Å². The van der Waals surface area contributed by atoms with E-state index in [1.165, 1.54) is 0 Å². The summed E-state index contributed by atoms with van der Waals surface area (Å²) in [6.07, 6.45) is -5.08. The smallest absolute Gasteiger partial charge is 0.475 e. The Balaban J connectivity index is 0.000000198. The first kappa shape index (κ1) is 38.8. The summed E-state index contributed by atoms with van der Waals surface area (Å²) in [6, 6.07) is 34.6. The topological polar surface area (TPSA) is 179 Å². The van der Waals surface area contributed by atoms with Gasteiger partial charge >= 0.3 is 12.1 Å². The van der Waals surface area contributed by atoms with Gasteiger partial charge in [0.1, 0.15) is 0 Å². The number of nitrogens with zero attached hydrogens (tertiary/aromatic N) is 1. The summed E-state index contributed by atoms with van der Waals surface area (Å²) in [5, 5.41) is 40.3. The number of aliphatic hydroxyl groups excluding tert-OH is 3. The Bertz CT molecular complexity index is 2190. The largest absolute Gasteiger partial charge is 0.490 e. The maximum atomic E-state index is 12.5. The van der Waals surface area contributed by atoms with E-state index in [9.17, 15) is 22.8 Å². The van der Waals surface area contributed by atoms with Gasteiger partial charge in [-0.3, -0.25) is 9.59 Å². The average Bonchev–Trinajstić information content (AvgIpc) is 3.14. The average molecular weight is 719 g/mol. The predicted molar refractivity (Wildman–Crippen MR) is 196 cm³/mol. The molecule has 0 saturated heterocycles. The molecular formula is C38H37F3N4O7. The SMILES string of the molecule is O=C(O)C(F)(F)F.O=c1[nH]c(-c2ccccc2)cc2ccc(N(CCO)CCO)cc12.O=c1[nH]c(-c2ccccc2)cc2ccc(NCCO)cc12. The number of pyridine rings is 2. The van der Waals surface area contributed by atoms with Crippen molar-refractivity contribution in [3.05, 3.63) is 130 Å². The van der Waals surface area contributed by atoms with Crippen molar-refractivity contribution in [2.75, 3.05) is 49.7 Å². The van der Waals surface area contributed by atoms with Gasteiger partial charge in [0, 0.05) is 53.2 Å². The maximum absolute atomic E-state index is 12.5. The molecule has 0 unspecified atom stereocenters. The van der Waals surface area contributed by atoms with Crippen molar-refractivity contribution < 1.29 is 38.4 Å². The number of rotatable bonds is 10. The zero-order valence-corrected chi connectivity index (χ0v) is 27.7. The zero-order valence-electron chi connectivity index (χ0n) is 27.7. The minimum Gasteiger partial charge on any atom is -0.475 e. The number of carbonyl (C=O) groups is 1. The predicted octanol–water partition coefficient (Wildman–Crippen LogP) is 5.22. The van der Waals surface area contributed by atoms with E-state index < -0.39 is 12.1 Å². The summed E-state index contributed by atoms with van der Waals surface area (Å²) in [5.74, 6) is -2.76. The van der Waals surface area contributed by atoms with Gasteiger partial charge in [0.05, 0.1) is 19.8 Å². The lowest BCUT2D eigenvalue weighted by molar-refractivity contribution is -0.192. The van der Waals surface area contributed by atoms with E-state index in [4.69, 9.17) is 25.2 Å². The number of carboxylic acids is 1. The van der Waals surface area contributed by atoms with Gasteiger partial charge in [-0.1, -0.05) is 72.8 Å². The first-order valence-electron chi connectivity index (χ1n) is 16.0. The van der Waals surface area contributed by atoms with Gasteiger partial charge < -0.3 is 40.6 Å². The minimum absolute atomic E-state index is 0.0126. The van der Waals surface area contributed by atoms with Crippen molar-refractivity contribution in [1.29, 1.82) is 0 Å². The monoisotopic (exact) mass is 718 g/mol. The number of carboxylic acid groups (broad SMARTS) is 1. The van der Waals surface area contributed by atoms with E-state index in [0.717, 1.165) is 44.7 Å². The summed E-state index contributed by atoms with van der Waals surface area (Å²) in [7, 11) is 0. The number of benzene rings is 4. The molecule has 2 heterocycles. The quantitative estimate of drug-likeness (QED) is 0.100. The van der Waals surface area contributed by atoms with Crippen LogP contribution in [0.3, 0.4) is 0 Å². The van der Waals surface area contributed by atoms with Crippen LogP contribution in [0.25, 0.3) is 44.1 Å². The van der Waals surface area contributed by atoms with E-state index in [2.05, 4.69) is 15.3 Å². The number of hydrogen-bond acceptors (Lipinski definition) is 8. The first-order valence-corrected chi connectivity index (χ1v) is 16.0. The number of aliphatic hydroxyl groups is 3. The van der Waals surface area contributed by atoms with Crippen molar-refractivity contribution in [2.24, 2.45) is 0 Å². The van der Waals surface area contributed by atoms with Gasteiger partial charge in [-0.25, -0.2) is 4.79 Å². The lowest BCUT2D eigenvalue weighted by Crippen LogP contribution is -2.29. The summed E-state index contributed by atoms with van der Waals surface area (Å²) < 4.78 is 31.7. The Morgan fingerprint density at radius 1 is 0.654 bits per heavy atom. The summed E-state index contributed by atoms with van der Waals surface area (Å²) in [6.45, 7) is 1.31. The third-order valence-electron chi connectivity index (χ3n) is 7.63. The van der Waals surface area contributed by atoms with Crippen LogP contribution in [0.1, 0.15) is 0 Å². The van der Waals surface area contributed by atoms with Crippen molar-refractivity contribution in [3.8, 4) is 22.5 Å². The molecule has 0 amide bonds. The Hall–Kier alpha value is -5.96. The number of aromatic nitrogens is 2. The van der Waals surface area contributed by atoms with Gasteiger partial charge in [0.15, 0.2) is 0 Å². The fraction of sp³-hybridized carbons (Fsp3) is 0.184. The lowest BCUT2D eigenvalue weighted by Gasteiger charge is -2.23. The second-order valence-electron chi connectivity index (χ2n) is 11.2. The molecular weight excluding hydrogens is 681 g/mol. The molecule has 0 aliphatic rings. The summed E-state index contributed by atoms with van der Waals surface area (Å²) in [4.78, 5) is 41.3. The molecule has 0 saturated carbocycles. The molecule has 0 aliphatic carbocycles. The number of fused-ring (bicyclic) bond motifs is 2. The summed E-state index contributed by atoms with van der Waals surface area (Å²) in [5.41, 5.74) is 4.91. The van der Waals surface area contributed by atoms with E-state index >= 15 is 0 Å². The number of aromatic amines is 2. The second kappa shape index (κ2) is 18.3. The molecule has 6 aromatic rings. The molecule has 0 atom stereocenters. The van der Waals surface area contributed by atoms with Crippen LogP contribution in [-0.2, 0) is 4.79 Å². The fourth-order valence-electron chi connectivity index (χ4n) is 5.17. The van der Waals surface area contributed by atoms with Gasteiger partial charge in [0.2, 0.25) is 0 Å². The van der Waals surface area contributed by atoms with Crippen LogP contribution < -0.4 is 21.3 Å². The van der Waals surface area contributed by atoms with Crippen LogP contribution in [0.2, 0.25) is 0 Å². The molecule has 272 valence electrons. The van der Waals surface area contributed by atoms with Crippen LogP contribution >= 0.6 is 0 Å². The first-order chi connectivity index (χ1) is 24.9. The van der Waals surface area contributed by atoms with Crippen LogP contribution in [0.15, 0.2) is 119 Å². The highest BCUT2D eigenvalue weighted by atomic mass is 19.4. The number of alkyl halides is 3. The Morgan fingerprint density at radius 3 is 1.56 bits per heavy atom. The molecule has 4 aromatic carbocycles. The van der Waals surface area contributed by atoms with Gasteiger partial charge in [-0.15, -0.1) is 0 Å². The standard InChI is InChI=1S/C19H20N2O3.C17H16N2O2.C2HF3O2/c22-10-8-21(9-11-23)16-7-6-15-12-18(14-4-2-1-3-5-14)20-19(24)17(15)13-16;20-9-8-18-14-7-6-13-10-16(12-4-2-1-3-5-12)19-17(21)15(13)11-14;3-2(4,5)1(6)7/h1-7,12-13,22-23H,8-11H2,(H,20,24);1-7,10-11,18,20H,8-9H2,(H,19,21);(H,6,7). The van der Waals surface area contributed by atoms with E-state index in [0.29, 0.717) is 30.4 Å². The Morgan fingerprint density at radius 2 is 1.12 bits per heavy atom. The van der Waals surface area contributed by atoms with Crippen LogP contribution in [0.5, 0.6) is 0 Å². The van der Waals surface area contributed by atoms with Crippen molar-refractivity contribution >= 4 is 38.9 Å². The lowest BCUT2D eigenvalue weighted by atomic mass is 10.1. The van der Waals surface area contributed by atoms with E-state index in [1.807, 2.05) is 102 Å². The maximum Gasteiger partial charge on any atom is 0.490 e. The molecule has 0 spiro atoms. The number of nitrogens with one attached hydrogen (secondary N) is 3. The Kier molecular flexibility index (Phi) is 13.7. The number of anilines is 2. The second-order valence-corrected chi connectivity index (χ2v) is 11.2. The highest BCUT2D eigenvalue weighted by Crippen LogP contribution is 2.24. The van der Waals surface area contributed by atoms with Crippen LogP contribution in [-0.4, -0.2) is 82.0 Å². The molecule has 52 heavy (non-hydrogen) atoms. The van der Waals surface area contributed by atoms with E-state index in [1.54, 1.807) is 12.1 Å². The number of aliphatic carboxylic acids is 1. The molecule has 6 rings (SSSR count). The fourth-order valence-corrected chi connectivity index (χ4v) is 5.17. The van der Waals surface area contributed by atoms with Gasteiger partial charge in [-0.05, 0) is 58.3 Å². The molecule has 0 aliphatic heterocycles. The number of H-pyrrole nitrogens is 2. The molecule has 7 N–H and O–H groups in total. The normalized spacial score (nSPS) is 10.9. The third kappa shape index (κ3) is 10.5. The molecule has 0 bridgehead atoms. The van der Waals surface area contributed by atoms with Gasteiger partial charge in [0.25, 0.3) is 11.1 Å². The minimum atomic E-state index is -5.08. The third-order valence-corrected chi connectivity index (χ3v) is 7.63. The van der Waals surface area contributed by atoms with Crippen molar-refractivity contribution in [2.45, 2.75) is 6.18 Å². The number of halogens is 3. The molecule has 11 nitrogen and oxygen atoms in total. The molecule has 2 aromatic heterocycles. The summed E-state index contributed by atoms with van der Waals surface area (Å²) >= 11 is 0. The van der Waals surface area contributed by atoms with E-state index in [-0.39, 0.29) is 30.9 Å². The molecule has 0 fully saturated rings. The van der Waals surface area contributed by atoms with Crippen LogP contribution in [0.4, 0.5) is 24.5 Å². The highest BCUT2D eigenvalue weighted by Gasteiger charge is 2.38.